The SMILES string of the molecule is O=C1C[C@@H]2C3=C(O[C@H](c4ccccc4)CC3=O)[C@@H]3[C@@H](C4C[C@@H]5OC(=O)C[C@@H]5C3(C(=O)/C=C/c3ccccc3)C4=O)[C@@H]2O1. The highest BCUT2D eigenvalue weighted by Gasteiger charge is 2.78. The quantitative estimate of drug-likeness (QED) is 0.312. The average molecular weight is 565 g/mol. The van der Waals surface area contributed by atoms with Crippen molar-refractivity contribution < 1.29 is 38.2 Å². The summed E-state index contributed by atoms with van der Waals surface area (Å²) in [7, 11) is 0. The van der Waals surface area contributed by atoms with E-state index in [4.69, 9.17) is 14.2 Å². The van der Waals surface area contributed by atoms with E-state index >= 15 is 0 Å². The fourth-order valence-electron chi connectivity index (χ4n) is 8.86. The minimum absolute atomic E-state index is 0.0232. The number of carbonyl (C=O) groups is 5. The van der Waals surface area contributed by atoms with Crippen molar-refractivity contribution in [1.29, 1.82) is 0 Å². The molecule has 4 fully saturated rings. The van der Waals surface area contributed by atoms with E-state index in [1.807, 2.05) is 60.7 Å². The van der Waals surface area contributed by atoms with Crippen LogP contribution in [0.15, 0.2) is 78.1 Å². The van der Waals surface area contributed by atoms with Gasteiger partial charge < -0.3 is 14.2 Å². The lowest BCUT2D eigenvalue weighted by atomic mass is 9.57. The summed E-state index contributed by atoms with van der Waals surface area (Å²) in [6.45, 7) is 0. The molecule has 2 aromatic carbocycles. The number of fused-ring (bicyclic) bond motifs is 11. The Balaban J connectivity index is 1.33. The number of ether oxygens (including phenoxy) is 3. The molecule has 0 amide bonds. The van der Waals surface area contributed by atoms with Crippen LogP contribution in [0, 0.1) is 35.0 Å². The Morgan fingerprint density at radius 3 is 2.29 bits per heavy atom. The molecule has 3 heterocycles. The van der Waals surface area contributed by atoms with Crippen LogP contribution in [0.3, 0.4) is 0 Å². The van der Waals surface area contributed by atoms with Crippen LogP contribution in [-0.4, -0.2) is 41.5 Å². The van der Waals surface area contributed by atoms with Gasteiger partial charge in [0.1, 0.15) is 29.5 Å². The summed E-state index contributed by atoms with van der Waals surface area (Å²) in [6, 6.07) is 18.7. The fourth-order valence-corrected chi connectivity index (χ4v) is 8.86. The summed E-state index contributed by atoms with van der Waals surface area (Å²) in [5, 5.41) is 0. The molecular weight excluding hydrogens is 536 g/mol. The Kier molecular flexibility index (Phi) is 5.49. The highest BCUT2D eigenvalue weighted by Crippen LogP contribution is 2.69. The number of rotatable bonds is 4. The molecule has 8 rings (SSSR count). The van der Waals surface area contributed by atoms with Crippen molar-refractivity contribution in [3.05, 3.63) is 89.2 Å². The minimum atomic E-state index is -1.69. The summed E-state index contributed by atoms with van der Waals surface area (Å²) >= 11 is 0. The lowest BCUT2D eigenvalue weighted by Crippen LogP contribution is -2.54. The molecule has 2 aromatic rings. The Morgan fingerprint density at radius 2 is 1.52 bits per heavy atom. The first-order valence-electron chi connectivity index (χ1n) is 14.6. The molecule has 0 spiro atoms. The zero-order valence-electron chi connectivity index (χ0n) is 22.6. The minimum Gasteiger partial charge on any atom is -0.489 e. The number of hydrogen-bond acceptors (Lipinski definition) is 8. The van der Waals surface area contributed by atoms with Gasteiger partial charge in [-0.2, -0.15) is 0 Å². The van der Waals surface area contributed by atoms with Crippen molar-refractivity contribution in [2.24, 2.45) is 35.0 Å². The Labute approximate surface area is 241 Å². The van der Waals surface area contributed by atoms with Crippen LogP contribution in [0.5, 0.6) is 0 Å². The van der Waals surface area contributed by atoms with E-state index in [0.717, 1.165) is 11.1 Å². The van der Waals surface area contributed by atoms with E-state index in [9.17, 15) is 24.0 Å². The van der Waals surface area contributed by atoms with Crippen molar-refractivity contribution >= 4 is 35.4 Å². The first-order chi connectivity index (χ1) is 20.4. The molecule has 2 bridgehead atoms. The summed E-state index contributed by atoms with van der Waals surface area (Å²) in [5.41, 5.74) is 0.271. The second-order valence-electron chi connectivity index (χ2n) is 12.3. The van der Waals surface area contributed by atoms with E-state index in [0.29, 0.717) is 11.3 Å². The Bertz CT molecular complexity index is 1610. The number of Topliss-reactive ketones (excluding diaryl/α,β-unsaturated/α-hetero) is 2. The van der Waals surface area contributed by atoms with Crippen LogP contribution in [0.4, 0.5) is 0 Å². The van der Waals surface area contributed by atoms with Crippen LogP contribution in [0.1, 0.15) is 42.9 Å². The summed E-state index contributed by atoms with van der Waals surface area (Å²) in [6.07, 6.45) is 1.42. The van der Waals surface area contributed by atoms with Crippen molar-refractivity contribution in [3.63, 3.8) is 0 Å². The molecule has 42 heavy (non-hydrogen) atoms. The van der Waals surface area contributed by atoms with Crippen LogP contribution >= 0.6 is 0 Å². The van der Waals surface area contributed by atoms with Gasteiger partial charge in [-0.25, -0.2) is 0 Å². The molecule has 8 heteroatoms. The van der Waals surface area contributed by atoms with Gasteiger partial charge in [0.2, 0.25) is 0 Å². The third-order valence-corrected chi connectivity index (χ3v) is 10.4. The average Bonchev–Trinajstić information content (AvgIpc) is 3.62. The number of ketones is 3. The summed E-state index contributed by atoms with van der Waals surface area (Å²) in [5.74, 6) is -4.78. The first-order valence-corrected chi connectivity index (χ1v) is 14.6. The van der Waals surface area contributed by atoms with Crippen LogP contribution in [-0.2, 0) is 38.2 Å². The van der Waals surface area contributed by atoms with Crippen molar-refractivity contribution in [2.75, 3.05) is 0 Å². The zero-order chi connectivity index (χ0) is 28.7. The maximum atomic E-state index is 14.6. The molecule has 212 valence electrons. The predicted octanol–water partition coefficient (Wildman–Crippen LogP) is 3.95. The van der Waals surface area contributed by atoms with E-state index in [1.54, 1.807) is 6.08 Å². The molecule has 0 radical (unpaired) electrons. The van der Waals surface area contributed by atoms with Crippen LogP contribution in [0.2, 0.25) is 0 Å². The third-order valence-electron chi connectivity index (χ3n) is 10.4. The van der Waals surface area contributed by atoms with Crippen molar-refractivity contribution in [2.45, 2.75) is 44.0 Å². The number of hydrogen-bond donors (Lipinski definition) is 0. The fraction of sp³-hybridized carbons (Fsp3) is 0.382. The normalized spacial score (nSPS) is 37.9. The molecule has 2 saturated carbocycles. The highest BCUT2D eigenvalue weighted by molar-refractivity contribution is 6.17. The Hall–Kier alpha value is -4.33. The van der Waals surface area contributed by atoms with Gasteiger partial charge in [-0.15, -0.1) is 0 Å². The van der Waals surface area contributed by atoms with Gasteiger partial charge in [0.15, 0.2) is 17.3 Å². The largest absolute Gasteiger partial charge is 0.489 e. The molecule has 9 atom stereocenters. The first kappa shape index (κ1) is 25.4. The van der Waals surface area contributed by atoms with Gasteiger partial charge in [-0.3, -0.25) is 24.0 Å². The summed E-state index contributed by atoms with van der Waals surface area (Å²) in [4.78, 5) is 68.5. The van der Waals surface area contributed by atoms with E-state index < -0.39 is 71.0 Å². The second kappa shape index (κ2) is 9.08. The number of benzene rings is 2. The highest BCUT2D eigenvalue weighted by atomic mass is 16.6. The second-order valence-corrected chi connectivity index (χ2v) is 12.3. The smallest absolute Gasteiger partial charge is 0.306 e. The van der Waals surface area contributed by atoms with Gasteiger partial charge in [-0.1, -0.05) is 66.7 Å². The molecule has 2 saturated heterocycles. The third kappa shape index (κ3) is 3.38. The molecule has 0 aromatic heterocycles. The zero-order valence-corrected chi connectivity index (χ0v) is 22.6. The van der Waals surface area contributed by atoms with E-state index in [2.05, 4.69) is 0 Å². The number of allylic oxidation sites excluding steroid dienone is 2. The molecule has 0 N–H and O–H groups in total. The van der Waals surface area contributed by atoms with Gasteiger partial charge in [0.25, 0.3) is 0 Å². The molecule has 2 unspecified atom stereocenters. The van der Waals surface area contributed by atoms with Gasteiger partial charge in [-0.05, 0) is 23.6 Å². The van der Waals surface area contributed by atoms with Gasteiger partial charge >= 0.3 is 11.9 Å². The molecular formula is C34H28O8. The van der Waals surface area contributed by atoms with Crippen LogP contribution in [0.25, 0.3) is 6.08 Å². The lowest BCUT2D eigenvalue weighted by molar-refractivity contribution is -0.154. The molecule has 3 aliphatic carbocycles. The lowest BCUT2D eigenvalue weighted by Gasteiger charge is -2.46. The summed E-state index contributed by atoms with van der Waals surface area (Å²) < 4.78 is 18.3. The van der Waals surface area contributed by atoms with Crippen LogP contribution < -0.4 is 0 Å². The number of esters is 2. The predicted molar refractivity (Wildman–Crippen MR) is 146 cm³/mol. The molecule has 6 aliphatic rings. The van der Waals surface area contributed by atoms with E-state index in [1.165, 1.54) is 6.08 Å². The van der Waals surface area contributed by atoms with Gasteiger partial charge in [0, 0.05) is 35.2 Å². The van der Waals surface area contributed by atoms with Crippen molar-refractivity contribution in [1.82, 2.24) is 0 Å². The molecule has 8 nitrogen and oxygen atoms in total. The Morgan fingerprint density at radius 1 is 0.810 bits per heavy atom. The van der Waals surface area contributed by atoms with Crippen molar-refractivity contribution in [3.8, 4) is 0 Å². The number of carbonyl (C=O) groups excluding carboxylic acids is 5. The van der Waals surface area contributed by atoms with Gasteiger partial charge in [0.05, 0.1) is 19.3 Å². The standard InChI is InChI=1S/C34H28O8/c35-22-16-23(18-9-5-2-6-10-18)41-32-28(22)19-14-26(37)42-31(19)29-20-13-24-21(15-27(38)40-24)34(30(29)32,33(20)39)25(36)12-11-17-7-3-1-4-8-17/h1-12,19-21,23-24,29-31H,13-16H2/b12-11+/t19-,20?,21+,23+,24+,29-,30+,31-,34?/m1/s1. The maximum absolute atomic E-state index is 14.6. The van der Waals surface area contributed by atoms with E-state index in [-0.39, 0.29) is 37.2 Å². The molecule has 3 aliphatic heterocycles. The maximum Gasteiger partial charge on any atom is 0.306 e. The monoisotopic (exact) mass is 564 g/mol. The topological polar surface area (TPSA) is 113 Å².